The van der Waals surface area contributed by atoms with E-state index < -0.39 is 12.2 Å². The number of methoxy groups -OCH3 is 1. The largest absolute Gasteiger partial charge is 0.494 e. The summed E-state index contributed by atoms with van der Waals surface area (Å²) in [6.07, 6.45) is 0.626. The van der Waals surface area contributed by atoms with Gasteiger partial charge in [0.15, 0.2) is 5.82 Å². The number of nitrogens with two attached hydrogens (primary N) is 1. The average molecular weight is 541 g/mol. The molecule has 14 heteroatoms. The zero-order valence-corrected chi connectivity index (χ0v) is 21.6. The van der Waals surface area contributed by atoms with Gasteiger partial charge in [-0.3, -0.25) is 4.57 Å². The normalized spacial score (nSPS) is 15.7. The number of carbonyl (C=O) groups excluding carboxylic acids is 1. The van der Waals surface area contributed by atoms with Crippen LogP contribution in [0.3, 0.4) is 0 Å². The van der Waals surface area contributed by atoms with Gasteiger partial charge in [-0.15, -0.1) is 11.6 Å². The average Bonchev–Trinajstić information content (AvgIpc) is 3.56. The minimum atomic E-state index is -2.84. The first-order valence-electron chi connectivity index (χ1n) is 11.8. The van der Waals surface area contributed by atoms with Crippen molar-refractivity contribution in [3.05, 3.63) is 24.0 Å². The predicted molar refractivity (Wildman–Crippen MR) is 137 cm³/mol. The fourth-order valence-electron chi connectivity index (χ4n) is 3.86. The summed E-state index contributed by atoms with van der Waals surface area (Å²) in [5.41, 5.74) is 6.52. The third kappa shape index (κ3) is 7.43. The van der Waals surface area contributed by atoms with Crippen molar-refractivity contribution in [3.8, 4) is 11.7 Å². The number of ether oxygens (including phenoxy) is 2. The van der Waals surface area contributed by atoms with Crippen LogP contribution < -0.4 is 15.4 Å². The summed E-state index contributed by atoms with van der Waals surface area (Å²) >= 11 is 4.82. The van der Waals surface area contributed by atoms with E-state index in [4.69, 9.17) is 31.6 Å². The van der Waals surface area contributed by atoms with E-state index in [1.54, 1.807) is 18.2 Å². The van der Waals surface area contributed by atoms with Crippen molar-refractivity contribution >= 4 is 40.8 Å². The lowest BCUT2D eigenvalue weighted by molar-refractivity contribution is -0.105. The number of fused-ring (bicyclic) bond motifs is 1. The number of hydrogen-bond acceptors (Lipinski definition) is 10. The Morgan fingerprint density at radius 2 is 1.76 bits per heavy atom. The number of halogens is 3. The van der Waals surface area contributed by atoms with Gasteiger partial charge < -0.3 is 29.8 Å². The third-order valence-corrected chi connectivity index (χ3v) is 5.73. The number of nitrogen functional groups attached to an aromatic ring is 1. The fourth-order valence-corrected chi connectivity index (χ4v) is 3.86. The molecule has 2 fully saturated rings. The molecular weight excluding hydrogens is 510 g/mol. The van der Waals surface area contributed by atoms with E-state index in [1.807, 2.05) is 4.90 Å². The molecule has 202 valence electrons. The Kier molecular flexibility index (Phi) is 10.7. The van der Waals surface area contributed by atoms with Crippen LogP contribution in [0.5, 0.6) is 5.75 Å². The molecule has 1 aromatic carbocycles. The van der Waals surface area contributed by atoms with Crippen LogP contribution in [-0.4, -0.2) is 95.1 Å². The fraction of sp³-hybridized carbons (Fsp3) is 0.522. The number of imidazole rings is 1. The Morgan fingerprint density at radius 3 is 2.30 bits per heavy atom. The molecule has 0 atom stereocenters. The second-order valence-corrected chi connectivity index (χ2v) is 8.47. The molecule has 0 spiro atoms. The summed E-state index contributed by atoms with van der Waals surface area (Å²) in [7, 11) is 3.63. The van der Waals surface area contributed by atoms with Gasteiger partial charge in [0.1, 0.15) is 17.6 Å². The molecule has 0 radical (unpaired) electrons. The Labute approximate surface area is 218 Å². The summed E-state index contributed by atoms with van der Waals surface area (Å²) in [5.74, 6) is 0.226. The maximum absolute atomic E-state index is 13.7. The van der Waals surface area contributed by atoms with Crippen LogP contribution in [0.25, 0.3) is 17.0 Å². The lowest BCUT2D eigenvalue weighted by atomic mass is 10.3. The van der Waals surface area contributed by atoms with E-state index in [2.05, 4.69) is 31.9 Å². The molecule has 2 aromatic heterocycles. The molecule has 2 saturated heterocycles. The molecule has 11 nitrogen and oxygen atoms in total. The molecule has 3 aromatic rings. The Balaban J connectivity index is 0.000000320. The molecule has 4 heterocycles. The van der Waals surface area contributed by atoms with E-state index >= 15 is 0 Å². The highest BCUT2D eigenvalue weighted by Crippen LogP contribution is 2.32. The maximum Gasteiger partial charge on any atom is 0.296 e. The van der Waals surface area contributed by atoms with Gasteiger partial charge in [0, 0.05) is 13.1 Å². The standard InChI is InChI=1S/C16H17F2N7O2.C5H11N.C2H3ClO/c1-26-10-4-2-3-9-11(10)20-13(12(17)18)25(9)16-22-14(19)21-15(23-16)24-5-7-27-8-6-24;1-6-4-2-3-5-6;3-1-2-4/h2-4,12H,5-8H2,1H3,(H2,19,21,22,23);2-5H2,1H3;2H,1H2. The van der Waals surface area contributed by atoms with Crippen molar-refractivity contribution in [2.24, 2.45) is 0 Å². The molecular formula is C23H31ClF2N8O3. The number of rotatable bonds is 5. The SMILES string of the molecule is CN1CCCC1.COc1cccc2c1nc(C(F)F)n2-c1nc(N)nc(N2CCOCC2)n1.O=CCCl. The van der Waals surface area contributed by atoms with Crippen molar-refractivity contribution in [2.45, 2.75) is 19.3 Å². The summed E-state index contributed by atoms with van der Waals surface area (Å²) in [5, 5.41) is 0. The molecule has 0 bridgehead atoms. The van der Waals surface area contributed by atoms with Gasteiger partial charge in [0.25, 0.3) is 6.43 Å². The van der Waals surface area contributed by atoms with Gasteiger partial charge >= 0.3 is 0 Å². The minimum Gasteiger partial charge on any atom is -0.494 e. The van der Waals surface area contributed by atoms with Gasteiger partial charge in [-0.2, -0.15) is 15.0 Å². The number of alkyl halides is 3. The zero-order chi connectivity index (χ0) is 26.8. The second kappa shape index (κ2) is 14.0. The lowest BCUT2D eigenvalue weighted by Gasteiger charge is -2.26. The number of aromatic nitrogens is 5. The first-order chi connectivity index (χ1) is 17.9. The Morgan fingerprint density at radius 1 is 1.11 bits per heavy atom. The topological polar surface area (TPSA) is 125 Å². The highest BCUT2D eigenvalue weighted by atomic mass is 35.5. The highest BCUT2D eigenvalue weighted by Gasteiger charge is 2.25. The quantitative estimate of drug-likeness (QED) is 0.381. The molecule has 0 saturated carbocycles. The summed E-state index contributed by atoms with van der Waals surface area (Å²) < 4.78 is 39.1. The molecule has 37 heavy (non-hydrogen) atoms. The van der Waals surface area contributed by atoms with E-state index in [-0.39, 0.29) is 17.8 Å². The van der Waals surface area contributed by atoms with Crippen LogP contribution in [0.1, 0.15) is 25.1 Å². The number of likely N-dealkylation sites (tertiary alicyclic amines) is 1. The van der Waals surface area contributed by atoms with Crippen molar-refractivity contribution < 1.29 is 23.0 Å². The van der Waals surface area contributed by atoms with Gasteiger partial charge in [0.2, 0.25) is 17.8 Å². The minimum absolute atomic E-state index is 0.0185. The third-order valence-electron chi connectivity index (χ3n) is 5.60. The van der Waals surface area contributed by atoms with E-state index in [0.717, 1.165) is 0 Å². The van der Waals surface area contributed by atoms with Gasteiger partial charge in [-0.25, -0.2) is 13.8 Å². The first kappa shape index (κ1) is 28.4. The van der Waals surface area contributed by atoms with Crippen LogP contribution in [0.2, 0.25) is 0 Å². The lowest BCUT2D eigenvalue weighted by Crippen LogP contribution is -2.37. The van der Waals surface area contributed by atoms with Crippen molar-refractivity contribution in [1.29, 1.82) is 0 Å². The van der Waals surface area contributed by atoms with Gasteiger partial charge in [-0.05, 0) is 45.1 Å². The number of para-hydroxylation sites is 1. The van der Waals surface area contributed by atoms with Gasteiger partial charge in [-0.1, -0.05) is 6.07 Å². The molecule has 5 rings (SSSR count). The molecule has 2 N–H and O–H groups in total. The van der Waals surface area contributed by atoms with E-state index in [9.17, 15) is 8.78 Å². The summed E-state index contributed by atoms with van der Waals surface area (Å²) in [6, 6.07) is 4.98. The smallest absolute Gasteiger partial charge is 0.296 e. The number of carbonyl (C=O) groups is 1. The maximum atomic E-state index is 13.7. The number of benzene rings is 1. The van der Waals surface area contributed by atoms with Gasteiger partial charge in [0.05, 0.1) is 31.7 Å². The van der Waals surface area contributed by atoms with Crippen LogP contribution in [0.4, 0.5) is 20.7 Å². The predicted octanol–water partition coefficient (Wildman–Crippen LogP) is 2.71. The Bertz CT molecular complexity index is 1150. The molecule has 2 aliphatic rings. The number of hydrogen-bond donors (Lipinski definition) is 1. The molecule has 0 unspecified atom stereocenters. The molecule has 0 aliphatic carbocycles. The summed E-state index contributed by atoms with van der Waals surface area (Å²) in [6.45, 7) is 4.83. The number of aldehydes is 1. The highest BCUT2D eigenvalue weighted by molar-refractivity contribution is 6.24. The van der Waals surface area contributed by atoms with Crippen LogP contribution >= 0.6 is 11.6 Å². The van der Waals surface area contributed by atoms with Crippen molar-refractivity contribution in [1.82, 2.24) is 29.4 Å². The molecule has 0 amide bonds. The van der Waals surface area contributed by atoms with E-state index in [1.165, 1.54) is 37.6 Å². The Hall–Kier alpha value is -3.16. The number of anilines is 2. The van der Waals surface area contributed by atoms with E-state index in [0.29, 0.717) is 55.3 Å². The second-order valence-electron chi connectivity index (χ2n) is 8.16. The summed E-state index contributed by atoms with van der Waals surface area (Å²) in [4.78, 5) is 29.9. The molecule has 2 aliphatic heterocycles. The van der Waals surface area contributed by atoms with Crippen LogP contribution in [-0.2, 0) is 9.53 Å². The number of morpholine rings is 1. The van der Waals surface area contributed by atoms with Crippen molar-refractivity contribution in [3.63, 3.8) is 0 Å². The first-order valence-corrected chi connectivity index (χ1v) is 12.3. The van der Waals surface area contributed by atoms with Crippen molar-refractivity contribution in [2.75, 3.05) is 70.1 Å². The monoisotopic (exact) mass is 540 g/mol. The number of nitrogens with zero attached hydrogens (tertiary/aromatic N) is 7. The van der Waals surface area contributed by atoms with Crippen LogP contribution in [0, 0.1) is 0 Å². The van der Waals surface area contributed by atoms with Crippen LogP contribution in [0.15, 0.2) is 18.2 Å². The zero-order valence-electron chi connectivity index (χ0n) is 20.8.